The van der Waals surface area contributed by atoms with E-state index in [1.165, 1.54) is 5.56 Å². The van der Waals surface area contributed by atoms with Crippen molar-refractivity contribution in [2.75, 3.05) is 11.9 Å². The Kier molecular flexibility index (Phi) is 3.55. The molecule has 5 heteroatoms. The monoisotopic (exact) mass is 280 g/mol. The van der Waals surface area contributed by atoms with Gasteiger partial charge in [-0.25, -0.2) is 4.99 Å². The number of rotatable bonds is 2. The predicted octanol–water partition coefficient (Wildman–Crippen LogP) is 2.03. The summed E-state index contributed by atoms with van der Waals surface area (Å²) >= 11 is 0. The van der Waals surface area contributed by atoms with E-state index in [4.69, 9.17) is 5.73 Å². The summed E-state index contributed by atoms with van der Waals surface area (Å²) in [6.45, 7) is 0.901. The number of anilines is 1. The normalized spacial score (nSPS) is 13.4. The lowest BCUT2D eigenvalue weighted by Crippen LogP contribution is -2.36. The van der Waals surface area contributed by atoms with Crippen LogP contribution in [0.5, 0.6) is 0 Å². The Labute approximate surface area is 122 Å². The van der Waals surface area contributed by atoms with Gasteiger partial charge in [0.2, 0.25) is 5.96 Å². The fraction of sp³-hybridized carbons (Fsp3) is 0.125. The largest absolute Gasteiger partial charge is 0.383 e. The second kappa shape index (κ2) is 5.66. The van der Waals surface area contributed by atoms with Crippen molar-refractivity contribution in [1.29, 1.82) is 0 Å². The molecule has 3 rings (SSSR count). The minimum Gasteiger partial charge on any atom is -0.383 e. The predicted molar refractivity (Wildman–Crippen MR) is 83.8 cm³/mol. The van der Waals surface area contributed by atoms with Crippen molar-refractivity contribution in [2.24, 2.45) is 10.7 Å². The molecule has 5 nitrogen and oxygen atoms in total. The number of carbonyl (C=O) groups is 1. The van der Waals surface area contributed by atoms with E-state index < -0.39 is 0 Å². The number of para-hydroxylation sites is 1. The first-order chi connectivity index (χ1) is 10.2. The molecule has 2 aromatic carbocycles. The first-order valence-corrected chi connectivity index (χ1v) is 6.80. The molecule has 1 amide bonds. The van der Waals surface area contributed by atoms with Crippen LogP contribution in [-0.4, -0.2) is 18.4 Å². The van der Waals surface area contributed by atoms with Crippen LogP contribution in [-0.2, 0) is 6.42 Å². The topological polar surface area (TPSA) is 79.5 Å². The van der Waals surface area contributed by atoms with E-state index in [-0.39, 0.29) is 11.9 Å². The van der Waals surface area contributed by atoms with Gasteiger partial charge in [-0.3, -0.25) is 10.1 Å². The molecule has 0 bridgehead atoms. The molecule has 0 aliphatic carbocycles. The Hall–Kier alpha value is -2.82. The molecule has 1 aliphatic rings. The fourth-order valence-corrected chi connectivity index (χ4v) is 2.35. The molecule has 0 saturated heterocycles. The van der Waals surface area contributed by atoms with Crippen LogP contribution in [0.2, 0.25) is 0 Å². The zero-order valence-corrected chi connectivity index (χ0v) is 11.5. The molecule has 0 saturated carbocycles. The van der Waals surface area contributed by atoms with Crippen LogP contribution < -0.4 is 16.4 Å². The second-order valence-electron chi connectivity index (χ2n) is 4.81. The van der Waals surface area contributed by atoms with E-state index in [2.05, 4.69) is 21.7 Å². The van der Waals surface area contributed by atoms with E-state index in [9.17, 15) is 4.79 Å². The van der Waals surface area contributed by atoms with Crippen LogP contribution in [0.25, 0.3) is 0 Å². The lowest BCUT2D eigenvalue weighted by molar-refractivity contribution is 0.0976. The Balaban J connectivity index is 1.78. The van der Waals surface area contributed by atoms with Crippen molar-refractivity contribution in [3.05, 3.63) is 59.7 Å². The Morgan fingerprint density at radius 2 is 1.95 bits per heavy atom. The van der Waals surface area contributed by atoms with Gasteiger partial charge in [-0.1, -0.05) is 30.3 Å². The molecule has 2 aromatic rings. The van der Waals surface area contributed by atoms with Gasteiger partial charge in [-0.2, -0.15) is 0 Å². The van der Waals surface area contributed by atoms with Gasteiger partial charge in [0.25, 0.3) is 5.91 Å². The highest BCUT2D eigenvalue weighted by Crippen LogP contribution is 2.32. The Bertz CT molecular complexity index is 695. The average molecular weight is 280 g/mol. The van der Waals surface area contributed by atoms with Gasteiger partial charge in [-0.05, 0) is 30.2 Å². The van der Waals surface area contributed by atoms with Crippen LogP contribution in [0, 0.1) is 0 Å². The third kappa shape index (κ3) is 2.86. The lowest BCUT2D eigenvalue weighted by Gasteiger charge is -2.07. The van der Waals surface area contributed by atoms with Crippen molar-refractivity contribution in [1.82, 2.24) is 5.32 Å². The number of hydrogen-bond donors (Lipinski definition) is 3. The van der Waals surface area contributed by atoms with Crippen molar-refractivity contribution < 1.29 is 4.79 Å². The average Bonchev–Trinajstić information content (AvgIpc) is 2.97. The highest BCUT2D eigenvalue weighted by Gasteiger charge is 2.14. The highest BCUT2D eigenvalue weighted by atomic mass is 16.1. The zero-order valence-electron chi connectivity index (χ0n) is 11.5. The maximum absolute atomic E-state index is 12.0. The van der Waals surface area contributed by atoms with Gasteiger partial charge in [0.15, 0.2) is 0 Å². The molecule has 21 heavy (non-hydrogen) atoms. The van der Waals surface area contributed by atoms with Crippen LogP contribution in [0.1, 0.15) is 15.9 Å². The number of amides is 1. The Morgan fingerprint density at radius 1 is 1.14 bits per heavy atom. The van der Waals surface area contributed by atoms with Crippen LogP contribution in [0.3, 0.4) is 0 Å². The Morgan fingerprint density at radius 3 is 2.76 bits per heavy atom. The minimum absolute atomic E-state index is 0.0888. The third-order valence-electron chi connectivity index (χ3n) is 3.34. The fourth-order valence-electron chi connectivity index (χ4n) is 2.35. The zero-order chi connectivity index (χ0) is 14.7. The third-order valence-corrected chi connectivity index (χ3v) is 3.34. The van der Waals surface area contributed by atoms with Gasteiger partial charge in [0.1, 0.15) is 0 Å². The number of carbonyl (C=O) groups excluding carboxylic acids is 1. The number of aliphatic imine (C=N–C) groups is 1. The lowest BCUT2D eigenvalue weighted by atomic mass is 10.1. The SMILES string of the molecule is NC(=Nc1cccc2c1NCC2)NC(=O)c1ccccc1. The standard InChI is InChI=1S/C16H16N4O/c17-16(20-15(21)12-5-2-1-3-6-12)19-13-8-4-7-11-9-10-18-14(11)13/h1-8,18H,9-10H2,(H3,17,19,20,21). The van der Waals surface area contributed by atoms with Crippen molar-refractivity contribution >= 4 is 23.2 Å². The van der Waals surface area contributed by atoms with E-state index in [1.54, 1.807) is 24.3 Å². The molecule has 106 valence electrons. The highest BCUT2D eigenvalue weighted by molar-refractivity contribution is 6.06. The molecule has 0 fully saturated rings. The van der Waals surface area contributed by atoms with E-state index in [0.29, 0.717) is 5.56 Å². The summed E-state index contributed by atoms with van der Waals surface area (Å²) in [4.78, 5) is 16.3. The molecule has 0 atom stereocenters. The summed E-state index contributed by atoms with van der Waals surface area (Å²) in [5.74, 6) is -0.177. The number of fused-ring (bicyclic) bond motifs is 1. The summed E-state index contributed by atoms with van der Waals surface area (Å²) in [5.41, 5.74) is 9.34. The van der Waals surface area contributed by atoms with Gasteiger partial charge in [0.05, 0.1) is 11.4 Å². The van der Waals surface area contributed by atoms with Crippen LogP contribution >= 0.6 is 0 Å². The molecule has 1 aliphatic heterocycles. The molecule has 1 heterocycles. The first-order valence-electron chi connectivity index (χ1n) is 6.80. The van der Waals surface area contributed by atoms with Gasteiger partial charge in [0, 0.05) is 12.1 Å². The summed E-state index contributed by atoms with van der Waals surface area (Å²) in [7, 11) is 0. The summed E-state index contributed by atoms with van der Waals surface area (Å²) in [6.07, 6.45) is 0.981. The van der Waals surface area contributed by atoms with Gasteiger partial charge < -0.3 is 11.1 Å². The maximum atomic E-state index is 12.0. The summed E-state index contributed by atoms with van der Waals surface area (Å²) in [5, 5.41) is 5.88. The number of guanidine groups is 1. The van der Waals surface area contributed by atoms with Gasteiger partial charge >= 0.3 is 0 Å². The van der Waals surface area contributed by atoms with Crippen molar-refractivity contribution in [3.8, 4) is 0 Å². The molecule has 0 radical (unpaired) electrons. The number of nitrogens with one attached hydrogen (secondary N) is 2. The molecular formula is C16H16N4O. The number of benzene rings is 2. The minimum atomic E-state index is -0.266. The van der Waals surface area contributed by atoms with Crippen LogP contribution in [0.15, 0.2) is 53.5 Å². The van der Waals surface area contributed by atoms with E-state index in [1.807, 2.05) is 18.2 Å². The summed E-state index contributed by atoms with van der Waals surface area (Å²) < 4.78 is 0. The molecule has 4 N–H and O–H groups in total. The number of hydrogen-bond acceptors (Lipinski definition) is 3. The smallest absolute Gasteiger partial charge is 0.257 e. The summed E-state index contributed by atoms with van der Waals surface area (Å²) in [6, 6.07) is 14.8. The van der Waals surface area contributed by atoms with E-state index >= 15 is 0 Å². The van der Waals surface area contributed by atoms with Crippen molar-refractivity contribution in [2.45, 2.75) is 6.42 Å². The van der Waals surface area contributed by atoms with E-state index in [0.717, 1.165) is 24.3 Å². The molecule has 0 spiro atoms. The van der Waals surface area contributed by atoms with Crippen molar-refractivity contribution in [3.63, 3.8) is 0 Å². The van der Waals surface area contributed by atoms with Crippen LogP contribution in [0.4, 0.5) is 11.4 Å². The second-order valence-corrected chi connectivity index (χ2v) is 4.81. The maximum Gasteiger partial charge on any atom is 0.257 e. The number of nitrogens with two attached hydrogens (primary N) is 1. The molecule has 0 aromatic heterocycles. The number of nitrogens with zero attached hydrogens (tertiary/aromatic N) is 1. The quantitative estimate of drug-likeness (QED) is 0.581. The first kappa shape index (κ1) is 13.2. The molecular weight excluding hydrogens is 264 g/mol. The molecule has 0 unspecified atom stereocenters. The van der Waals surface area contributed by atoms with Gasteiger partial charge in [-0.15, -0.1) is 0 Å².